The monoisotopic (exact) mass is 372 g/mol. The third-order valence-corrected chi connectivity index (χ3v) is 3.97. The average Bonchev–Trinajstić information content (AvgIpc) is 2.67. The van der Waals surface area contributed by atoms with Crippen LogP contribution in [0.2, 0.25) is 0 Å². The lowest BCUT2D eigenvalue weighted by atomic mass is 10.1. The predicted molar refractivity (Wildman–Crippen MR) is 101 cm³/mol. The quantitative estimate of drug-likeness (QED) is 0.652. The summed E-state index contributed by atoms with van der Waals surface area (Å²) in [6.07, 6.45) is 2.52. The number of hydrogen-bond acceptors (Lipinski definition) is 5. The van der Waals surface area contributed by atoms with Crippen molar-refractivity contribution in [1.82, 2.24) is 9.88 Å². The number of Topliss-reactive ketones (excluding diaryl/α,β-unsaturated/α-hetero) is 1. The van der Waals surface area contributed by atoms with Gasteiger partial charge in [0.05, 0.1) is 13.2 Å². The summed E-state index contributed by atoms with van der Waals surface area (Å²) in [5.41, 5.74) is 0.578. The van der Waals surface area contributed by atoms with Crippen LogP contribution in [0.25, 0.3) is 0 Å². The second-order valence-corrected chi connectivity index (χ2v) is 6.05. The smallest absolute Gasteiger partial charge is 0.263 e. The van der Waals surface area contributed by atoms with Crippen molar-refractivity contribution in [2.45, 2.75) is 26.3 Å². The molecule has 1 aromatic carbocycles. The van der Waals surface area contributed by atoms with Crippen LogP contribution in [0, 0.1) is 0 Å². The van der Waals surface area contributed by atoms with Crippen LogP contribution in [0.1, 0.15) is 46.0 Å². The highest BCUT2D eigenvalue weighted by atomic mass is 16.5. The molecule has 0 fully saturated rings. The minimum Gasteiger partial charge on any atom is -0.491 e. The van der Waals surface area contributed by atoms with Gasteiger partial charge in [0.2, 0.25) is 0 Å². The molecule has 1 aromatic heterocycles. The summed E-state index contributed by atoms with van der Waals surface area (Å²) in [6.45, 7) is 2.16. The number of aromatic nitrogens is 1. The third kappa shape index (κ3) is 5.27. The molecule has 0 unspecified atom stereocenters. The molecule has 0 aliphatic heterocycles. The van der Waals surface area contributed by atoms with Crippen molar-refractivity contribution in [3.05, 3.63) is 63.6 Å². The first-order valence-electron chi connectivity index (χ1n) is 8.82. The Balaban J connectivity index is 2.43. The number of aliphatic hydroxyl groups excluding tert-OH is 1. The van der Waals surface area contributed by atoms with Gasteiger partial charge in [0.1, 0.15) is 17.9 Å². The summed E-state index contributed by atoms with van der Waals surface area (Å²) in [5.74, 6) is -0.0734. The zero-order chi connectivity index (χ0) is 19.8. The van der Waals surface area contributed by atoms with Crippen LogP contribution in [0.4, 0.5) is 0 Å². The second kappa shape index (κ2) is 9.68. The zero-order valence-corrected chi connectivity index (χ0v) is 15.5. The fourth-order valence-electron chi connectivity index (χ4n) is 2.67. The van der Waals surface area contributed by atoms with Crippen LogP contribution >= 0.6 is 0 Å². The SMILES string of the molecule is CCCC(=O)c1cc(C(=O)NC)c(=O)n(Cc2cccc(OCCO)c2)c1. The standard InChI is InChI=1S/C20H24N2O5/c1-3-5-18(24)15-11-17(19(25)21-2)20(26)22(13-15)12-14-6-4-7-16(10-14)27-9-8-23/h4,6-7,10-11,13,23H,3,5,8-9,12H2,1-2H3,(H,21,25). The van der Waals surface area contributed by atoms with E-state index in [9.17, 15) is 14.4 Å². The van der Waals surface area contributed by atoms with Crippen molar-refractivity contribution in [1.29, 1.82) is 0 Å². The molecule has 7 nitrogen and oxygen atoms in total. The summed E-state index contributed by atoms with van der Waals surface area (Å²) >= 11 is 0. The molecule has 1 amide bonds. The number of aliphatic hydroxyl groups is 1. The number of nitrogens with one attached hydrogen (secondary N) is 1. The predicted octanol–water partition coefficient (Wildman–Crippen LogP) is 1.61. The molecule has 27 heavy (non-hydrogen) atoms. The minimum atomic E-state index is -0.528. The van der Waals surface area contributed by atoms with Crippen LogP contribution in [0.5, 0.6) is 5.75 Å². The molecule has 0 saturated heterocycles. The molecule has 144 valence electrons. The number of pyridine rings is 1. The molecule has 1 heterocycles. The van der Waals surface area contributed by atoms with Crippen LogP contribution < -0.4 is 15.6 Å². The Kier molecular flexibility index (Phi) is 7.31. The van der Waals surface area contributed by atoms with E-state index in [2.05, 4.69) is 5.32 Å². The lowest BCUT2D eigenvalue weighted by Gasteiger charge is -2.12. The Morgan fingerprint density at radius 1 is 1.26 bits per heavy atom. The van der Waals surface area contributed by atoms with E-state index in [-0.39, 0.29) is 31.1 Å². The van der Waals surface area contributed by atoms with Gasteiger partial charge in [-0.1, -0.05) is 19.1 Å². The Bertz CT molecular complexity index is 873. The first kappa shape index (κ1) is 20.4. The highest BCUT2D eigenvalue weighted by molar-refractivity contribution is 6.00. The van der Waals surface area contributed by atoms with Crippen LogP contribution in [-0.4, -0.2) is 41.6 Å². The minimum absolute atomic E-state index is 0.0628. The molecule has 2 N–H and O–H groups in total. The van der Waals surface area contributed by atoms with Gasteiger partial charge in [-0.15, -0.1) is 0 Å². The molecule has 0 aliphatic rings. The van der Waals surface area contributed by atoms with E-state index >= 15 is 0 Å². The van der Waals surface area contributed by atoms with Gasteiger partial charge in [0, 0.05) is 25.2 Å². The average molecular weight is 372 g/mol. The third-order valence-electron chi connectivity index (χ3n) is 3.97. The van der Waals surface area contributed by atoms with Gasteiger partial charge in [0.25, 0.3) is 11.5 Å². The second-order valence-electron chi connectivity index (χ2n) is 6.05. The fraction of sp³-hybridized carbons (Fsp3) is 0.350. The number of benzene rings is 1. The maximum absolute atomic E-state index is 12.7. The Morgan fingerprint density at radius 3 is 2.70 bits per heavy atom. The van der Waals surface area contributed by atoms with Gasteiger partial charge in [-0.25, -0.2) is 0 Å². The molecule has 7 heteroatoms. The highest BCUT2D eigenvalue weighted by Crippen LogP contribution is 2.15. The molecule has 0 bridgehead atoms. The fourth-order valence-corrected chi connectivity index (χ4v) is 2.67. The van der Waals surface area contributed by atoms with E-state index in [1.54, 1.807) is 18.2 Å². The number of amides is 1. The van der Waals surface area contributed by atoms with Crippen molar-refractivity contribution >= 4 is 11.7 Å². The normalized spacial score (nSPS) is 10.5. The molecule has 0 spiro atoms. The number of ketones is 1. The van der Waals surface area contributed by atoms with Gasteiger partial charge in [-0.05, 0) is 30.2 Å². The van der Waals surface area contributed by atoms with Gasteiger partial charge >= 0.3 is 0 Å². The molecular weight excluding hydrogens is 348 g/mol. The van der Waals surface area contributed by atoms with Crippen LogP contribution in [0.15, 0.2) is 41.3 Å². The van der Waals surface area contributed by atoms with Gasteiger partial charge < -0.3 is 19.7 Å². The lowest BCUT2D eigenvalue weighted by molar-refractivity contribution is 0.0961. The molecule has 0 saturated carbocycles. The zero-order valence-electron chi connectivity index (χ0n) is 15.5. The van der Waals surface area contributed by atoms with E-state index in [4.69, 9.17) is 9.84 Å². The number of hydrogen-bond donors (Lipinski definition) is 2. The number of carbonyl (C=O) groups is 2. The Morgan fingerprint density at radius 2 is 2.04 bits per heavy atom. The van der Waals surface area contributed by atoms with Crippen molar-refractivity contribution < 1.29 is 19.4 Å². The summed E-state index contributed by atoms with van der Waals surface area (Å²) in [6, 6.07) is 8.45. The number of nitrogens with zero attached hydrogens (tertiary/aromatic N) is 1. The maximum Gasteiger partial charge on any atom is 0.263 e. The first-order valence-corrected chi connectivity index (χ1v) is 8.82. The molecular formula is C20H24N2O5. The van der Waals surface area contributed by atoms with Crippen molar-refractivity contribution in [2.24, 2.45) is 0 Å². The lowest BCUT2D eigenvalue weighted by Crippen LogP contribution is -2.32. The number of rotatable bonds is 9. The maximum atomic E-state index is 12.7. The van der Waals surface area contributed by atoms with Crippen molar-refractivity contribution in [3.63, 3.8) is 0 Å². The highest BCUT2D eigenvalue weighted by Gasteiger charge is 2.16. The van der Waals surface area contributed by atoms with Gasteiger partial charge in [-0.3, -0.25) is 14.4 Å². The molecule has 2 aromatic rings. The largest absolute Gasteiger partial charge is 0.491 e. The molecule has 2 rings (SSSR count). The van der Waals surface area contributed by atoms with Gasteiger partial charge in [0.15, 0.2) is 5.78 Å². The summed E-state index contributed by atoms with van der Waals surface area (Å²) in [4.78, 5) is 37.1. The van der Waals surface area contributed by atoms with E-state index < -0.39 is 11.5 Å². The number of ether oxygens (including phenoxy) is 1. The van der Waals surface area contributed by atoms with Crippen molar-refractivity contribution in [3.8, 4) is 5.75 Å². The van der Waals surface area contributed by atoms with Crippen molar-refractivity contribution in [2.75, 3.05) is 20.3 Å². The molecule has 0 radical (unpaired) electrons. The van der Waals surface area contributed by atoms with E-state index in [1.165, 1.54) is 23.9 Å². The van der Waals surface area contributed by atoms with E-state index in [0.717, 1.165) is 5.56 Å². The number of carbonyl (C=O) groups excluding carboxylic acids is 2. The Hall–Kier alpha value is -2.93. The first-order chi connectivity index (χ1) is 13.0. The summed E-state index contributed by atoms with van der Waals surface area (Å²) in [7, 11) is 1.44. The molecule has 0 atom stereocenters. The summed E-state index contributed by atoms with van der Waals surface area (Å²) < 4.78 is 6.74. The summed E-state index contributed by atoms with van der Waals surface area (Å²) in [5, 5.41) is 11.3. The van der Waals surface area contributed by atoms with E-state index in [0.29, 0.717) is 24.2 Å². The topological polar surface area (TPSA) is 97.6 Å². The van der Waals surface area contributed by atoms with Crippen LogP contribution in [-0.2, 0) is 6.54 Å². The van der Waals surface area contributed by atoms with Crippen LogP contribution in [0.3, 0.4) is 0 Å². The van der Waals surface area contributed by atoms with E-state index in [1.807, 2.05) is 13.0 Å². The Labute approximate surface area is 157 Å². The van der Waals surface area contributed by atoms with Gasteiger partial charge in [-0.2, -0.15) is 0 Å². The molecule has 0 aliphatic carbocycles.